The number of ether oxygens (including phenoxy) is 1. The predicted octanol–water partition coefficient (Wildman–Crippen LogP) is 3.18. The molecule has 2 unspecified atom stereocenters. The Labute approximate surface area is 112 Å². The number of rotatable bonds is 5. The van der Waals surface area contributed by atoms with Crippen LogP contribution in [-0.2, 0) is 4.74 Å². The van der Waals surface area contributed by atoms with Crippen molar-refractivity contribution in [1.82, 2.24) is 4.90 Å². The fourth-order valence-electron chi connectivity index (χ4n) is 1.82. The Morgan fingerprint density at radius 3 is 2.65 bits per heavy atom. The molecule has 3 nitrogen and oxygen atoms in total. The maximum absolute atomic E-state index is 9.89. The van der Waals surface area contributed by atoms with Crippen molar-refractivity contribution in [2.45, 2.75) is 25.9 Å². The van der Waals surface area contributed by atoms with Crippen LogP contribution in [0.1, 0.15) is 25.5 Å². The van der Waals surface area contributed by atoms with E-state index in [9.17, 15) is 5.11 Å². The quantitative estimate of drug-likeness (QED) is 0.907. The van der Waals surface area contributed by atoms with Gasteiger partial charge in [-0.1, -0.05) is 15.9 Å². The van der Waals surface area contributed by atoms with Gasteiger partial charge < -0.3 is 9.84 Å². The first kappa shape index (κ1) is 14.5. The molecule has 0 fully saturated rings. The molecule has 17 heavy (non-hydrogen) atoms. The highest BCUT2D eigenvalue weighted by molar-refractivity contribution is 9.10. The van der Waals surface area contributed by atoms with Gasteiger partial charge in [0.25, 0.3) is 0 Å². The molecular weight excluding hydrogens is 282 g/mol. The van der Waals surface area contributed by atoms with E-state index in [0.717, 1.165) is 10.0 Å². The van der Waals surface area contributed by atoms with E-state index in [-0.39, 0.29) is 6.04 Å². The minimum absolute atomic E-state index is 0.137. The number of aromatic hydroxyl groups is 1. The van der Waals surface area contributed by atoms with Crippen LogP contribution in [0.5, 0.6) is 5.75 Å². The third kappa shape index (κ3) is 3.69. The van der Waals surface area contributed by atoms with E-state index in [2.05, 4.69) is 34.7 Å². The molecule has 0 bridgehead atoms. The molecule has 1 aromatic carbocycles. The van der Waals surface area contributed by atoms with Gasteiger partial charge >= 0.3 is 0 Å². The zero-order valence-corrected chi connectivity index (χ0v) is 12.4. The van der Waals surface area contributed by atoms with Crippen LogP contribution in [0, 0.1) is 0 Å². The Morgan fingerprint density at radius 1 is 1.41 bits per heavy atom. The number of phenolic OH excluding ortho intramolecular Hbond substituents is 1. The Kier molecular flexibility index (Phi) is 5.43. The van der Waals surface area contributed by atoms with E-state index in [4.69, 9.17) is 4.74 Å². The standard InChI is InChI=1S/C13H20BrNO2/c1-9(8-17-4)15(3)10(2)12-7-11(14)5-6-13(12)16/h5-7,9-10,16H,8H2,1-4H3. The lowest BCUT2D eigenvalue weighted by Gasteiger charge is -2.31. The molecule has 0 aliphatic carbocycles. The number of phenols is 1. The summed E-state index contributed by atoms with van der Waals surface area (Å²) in [7, 11) is 3.74. The van der Waals surface area contributed by atoms with Crippen molar-refractivity contribution in [1.29, 1.82) is 0 Å². The molecule has 1 aromatic rings. The molecule has 1 N–H and O–H groups in total. The summed E-state index contributed by atoms with van der Waals surface area (Å²) in [6.07, 6.45) is 0. The van der Waals surface area contributed by atoms with Crippen LogP contribution in [0.3, 0.4) is 0 Å². The number of halogens is 1. The Bertz CT molecular complexity index is 370. The molecule has 0 aromatic heterocycles. The Balaban J connectivity index is 2.87. The SMILES string of the molecule is COCC(C)N(C)C(C)c1cc(Br)ccc1O. The maximum atomic E-state index is 9.89. The topological polar surface area (TPSA) is 32.7 Å². The van der Waals surface area contributed by atoms with Crippen LogP contribution < -0.4 is 0 Å². The van der Waals surface area contributed by atoms with Crippen molar-refractivity contribution < 1.29 is 9.84 Å². The van der Waals surface area contributed by atoms with Crippen molar-refractivity contribution in [2.24, 2.45) is 0 Å². The van der Waals surface area contributed by atoms with Crippen molar-refractivity contribution in [3.63, 3.8) is 0 Å². The van der Waals surface area contributed by atoms with E-state index in [0.29, 0.717) is 18.4 Å². The normalized spacial score (nSPS) is 14.9. The highest BCUT2D eigenvalue weighted by atomic mass is 79.9. The molecule has 0 spiro atoms. The van der Waals surface area contributed by atoms with Gasteiger partial charge in [-0.2, -0.15) is 0 Å². The van der Waals surface area contributed by atoms with E-state index in [1.54, 1.807) is 13.2 Å². The first-order valence-electron chi connectivity index (χ1n) is 5.66. The van der Waals surface area contributed by atoms with Gasteiger partial charge in [0.2, 0.25) is 0 Å². The molecule has 0 saturated carbocycles. The van der Waals surface area contributed by atoms with Crippen LogP contribution in [0.4, 0.5) is 0 Å². The molecule has 0 amide bonds. The predicted molar refractivity (Wildman–Crippen MR) is 73.3 cm³/mol. The molecule has 0 aliphatic rings. The fourth-order valence-corrected chi connectivity index (χ4v) is 2.20. The van der Waals surface area contributed by atoms with Crippen LogP contribution in [0.15, 0.2) is 22.7 Å². The van der Waals surface area contributed by atoms with Crippen LogP contribution in [-0.4, -0.2) is 36.8 Å². The van der Waals surface area contributed by atoms with Crippen molar-refractivity contribution in [3.05, 3.63) is 28.2 Å². The highest BCUT2D eigenvalue weighted by Crippen LogP contribution is 2.31. The smallest absolute Gasteiger partial charge is 0.120 e. The summed E-state index contributed by atoms with van der Waals surface area (Å²) in [5, 5.41) is 9.89. The molecule has 2 atom stereocenters. The number of nitrogens with zero attached hydrogens (tertiary/aromatic N) is 1. The van der Waals surface area contributed by atoms with E-state index >= 15 is 0 Å². The lowest BCUT2D eigenvalue weighted by molar-refractivity contribution is 0.0932. The number of hydrogen-bond donors (Lipinski definition) is 1. The summed E-state index contributed by atoms with van der Waals surface area (Å²) in [6, 6.07) is 5.94. The van der Waals surface area contributed by atoms with Gasteiger partial charge in [-0.25, -0.2) is 0 Å². The molecule has 0 saturated heterocycles. The second-order valence-corrected chi connectivity index (χ2v) is 5.26. The molecular formula is C13H20BrNO2. The van der Waals surface area contributed by atoms with Gasteiger partial charge in [0.05, 0.1) is 6.61 Å². The van der Waals surface area contributed by atoms with E-state index in [1.165, 1.54) is 0 Å². The summed E-state index contributed by atoms with van der Waals surface area (Å²) in [4.78, 5) is 2.19. The number of hydrogen-bond acceptors (Lipinski definition) is 3. The lowest BCUT2D eigenvalue weighted by Crippen LogP contribution is -2.34. The zero-order chi connectivity index (χ0) is 13.0. The average Bonchev–Trinajstić information content (AvgIpc) is 2.30. The number of likely N-dealkylation sites (N-methyl/N-ethyl adjacent to an activating group) is 1. The van der Waals surface area contributed by atoms with Gasteiger partial charge in [0.1, 0.15) is 5.75 Å². The first-order chi connectivity index (χ1) is 7.97. The highest BCUT2D eigenvalue weighted by Gasteiger charge is 2.19. The summed E-state index contributed by atoms with van der Waals surface area (Å²) in [5.74, 6) is 0.331. The monoisotopic (exact) mass is 301 g/mol. The van der Waals surface area contributed by atoms with E-state index in [1.807, 2.05) is 19.2 Å². The molecule has 96 valence electrons. The van der Waals surface area contributed by atoms with Crippen molar-refractivity contribution in [2.75, 3.05) is 20.8 Å². The summed E-state index contributed by atoms with van der Waals surface area (Å²) in [5.41, 5.74) is 0.921. The summed E-state index contributed by atoms with van der Waals surface area (Å²) in [6.45, 7) is 4.86. The third-order valence-electron chi connectivity index (χ3n) is 3.15. The number of benzene rings is 1. The van der Waals surface area contributed by atoms with Gasteiger partial charge in [0, 0.05) is 29.2 Å². The third-order valence-corrected chi connectivity index (χ3v) is 3.65. The lowest BCUT2D eigenvalue weighted by atomic mass is 10.0. The molecule has 4 heteroatoms. The zero-order valence-electron chi connectivity index (χ0n) is 10.8. The van der Waals surface area contributed by atoms with Crippen LogP contribution >= 0.6 is 15.9 Å². The second-order valence-electron chi connectivity index (χ2n) is 4.35. The van der Waals surface area contributed by atoms with Crippen LogP contribution in [0.2, 0.25) is 0 Å². The first-order valence-corrected chi connectivity index (χ1v) is 6.46. The van der Waals surface area contributed by atoms with Crippen LogP contribution in [0.25, 0.3) is 0 Å². The van der Waals surface area contributed by atoms with E-state index < -0.39 is 0 Å². The van der Waals surface area contributed by atoms with Gasteiger partial charge in [-0.05, 0) is 39.1 Å². The molecule has 0 heterocycles. The van der Waals surface area contributed by atoms with Gasteiger partial charge in [-0.15, -0.1) is 0 Å². The van der Waals surface area contributed by atoms with Crippen molar-refractivity contribution >= 4 is 15.9 Å². The summed E-state index contributed by atoms with van der Waals surface area (Å²) >= 11 is 3.43. The fraction of sp³-hybridized carbons (Fsp3) is 0.538. The minimum Gasteiger partial charge on any atom is -0.508 e. The largest absolute Gasteiger partial charge is 0.508 e. The van der Waals surface area contributed by atoms with Crippen molar-refractivity contribution in [3.8, 4) is 5.75 Å². The summed E-state index contributed by atoms with van der Waals surface area (Å²) < 4.78 is 6.13. The Hall–Kier alpha value is -0.580. The average molecular weight is 302 g/mol. The minimum atomic E-state index is 0.137. The second kappa shape index (κ2) is 6.38. The molecule has 1 rings (SSSR count). The van der Waals surface area contributed by atoms with Gasteiger partial charge in [-0.3, -0.25) is 4.90 Å². The number of methoxy groups -OCH3 is 1. The molecule has 0 radical (unpaired) electrons. The van der Waals surface area contributed by atoms with Gasteiger partial charge in [0.15, 0.2) is 0 Å². The Morgan fingerprint density at radius 2 is 2.06 bits per heavy atom. The molecule has 0 aliphatic heterocycles. The maximum Gasteiger partial charge on any atom is 0.120 e.